The Hall–Kier alpha value is -1.39. The van der Waals surface area contributed by atoms with Crippen molar-refractivity contribution in [2.45, 2.75) is 25.8 Å². The van der Waals surface area contributed by atoms with Crippen molar-refractivity contribution in [2.24, 2.45) is 11.7 Å². The largest absolute Gasteiger partial charge is 0.338 e. The monoisotopic (exact) mass is 289 g/mol. The first-order chi connectivity index (χ1) is 10.1. The predicted octanol–water partition coefficient (Wildman–Crippen LogP) is 1.88. The maximum Gasteiger partial charge on any atom is 0.236 e. The van der Waals surface area contributed by atoms with Gasteiger partial charge in [-0.2, -0.15) is 0 Å². The lowest BCUT2D eigenvalue weighted by atomic mass is 9.98. The van der Waals surface area contributed by atoms with E-state index in [0.29, 0.717) is 12.5 Å². The summed E-state index contributed by atoms with van der Waals surface area (Å²) < 4.78 is 0. The molecule has 0 spiro atoms. The number of carbonyl (C=O) groups is 1. The van der Waals surface area contributed by atoms with Gasteiger partial charge in [-0.15, -0.1) is 0 Å². The topological polar surface area (TPSA) is 49.6 Å². The number of rotatable bonds is 5. The number of carbonyl (C=O) groups excluding carboxylic acids is 1. The highest BCUT2D eigenvalue weighted by Gasteiger charge is 2.23. The summed E-state index contributed by atoms with van der Waals surface area (Å²) in [5.74, 6) is 0.729. The molecule has 0 bridgehead atoms. The second-order valence-electron chi connectivity index (χ2n) is 6.07. The Balaban J connectivity index is 1.90. The van der Waals surface area contributed by atoms with Gasteiger partial charge in [-0.1, -0.05) is 30.3 Å². The number of piperidine rings is 1. The molecule has 2 rings (SSSR count). The minimum Gasteiger partial charge on any atom is -0.338 e. The highest BCUT2D eigenvalue weighted by Crippen LogP contribution is 2.19. The van der Waals surface area contributed by atoms with Crippen molar-refractivity contribution in [3.05, 3.63) is 35.9 Å². The van der Waals surface area contributed by atoms with Crippen molar-refractivity contribution >= 4 is 5.91 Å². The van der Waals surface area contributed by atoms with E-state index in [1.165, 1.54) is 12.0 Å². The van der Waals surface area contributed by atoms with Crippen LogP contribution < -0.4 is 5.73 Å². The standard InChI is InChI=1S/C17H27N3O/c1-14(16-8-4-3-5-9-16)19(2)17(21)13-20-10-6-7-15(11-18)12-20/h3-5,8-9,14-15H,6-7,10-13,18H2,1-2H3. The molecular weight excluding hydrogens is 262 g/mol. The Morgan fingerprint density at radius 1 is 1.43 bits per heavy atom. The zero-order chi connectivity index (χ0) is 15.2. The minimum atomic E-state index is 0.105. The summed E-state index contributed by atoms with van der Waals surface area (Å²) in [6.45, 7) is 5.27. The molecule has 1 saturated heterocycles. The van der Waals surface area contributed by atoms with Crippen LogP contribution in [-0.4, -0.2) is 48.9 Å². The van der Waals surface area contributed by atoms with Crippen LogP contribution >= 0.6 is 0 Å². The summed E-state index contributed by atoms with van der Waals surface area (Å²) in [6, 6.07) is 10.3. The van der Waals surface area contributed by atoms with Crippen molar-refractivity contribution in [3.8, 4) is 0 Å². The Labute approximate surface area is 127 Å². The quantitative estimate of drug-likeness (QED) is 0.900. The van der Waals surface area contributed by atoms with E-state index < -0.39 is 0 Å². The van der Waals surface area contributed by atoms with Gasteiger partial charge >= 0.3 is 0 Å². The molecule has 0 aromatic heterocycles. The molecule has 4 nitrogen and oxygen atoms in total. The fourth-order valence-electron chi connectivity index (χ4n) is 2.96. The van der Waals surface area contributed by atoms with E-state index in [9.17, 15) is 4.79 Å². The van der Waals surface area contributed by atoms with E-state index in [1.54, 1.807) is 0 Å². The van der Waals surface area contributed by atoms with Crippen LogP contribution in [0.15, 0.2) is 30.3 Å². The van der Waals surface area contributed by atoms with Gasteiger partial charge in [-0.05, 0) is 44.3 Å². The third-order valence-electron chi connectivity index (χ3n) is 4.55. The SMILES string of the molecule is CC(c1ccccc1)N(C)C(=O)CN1CCCC(CN)C1. The van der Waals surface area contributed by atoms with Crippen LogP contribution in [0.25, 0.3) is 0 Å². The number of likely N-dealkylation sites (N-methyl/N-ethyl adjacent to an activating group) is 1. The number of likely N-dealkylation sites (tertiary alicyclic amines) is 1. The smallest absolute Gasteiger partial charge is 0.236 e. The molecule has 2 N–H and O–H groups in total. The normalized spacial score (nSPS) is 21.0. The number of nitrogens with zero attached hydrogens (tertiary/aromatic N) is 2. The Kier molecular flexibility index (Phi) is 5.76. The van der Waals surface area contributed by atoms with Gasteiger partial charge < -0.3 is 10.6 Å². The van der Waals surface area contributed by atoms with Gasteiger partial charge in [0.05, 0.1) is 12.6 Å². The first kappa shape index (κ1) is 16.0. The molecule has 0 saturated carbocycles. The van der Waals surface area contributed by atoms with Gasteiger partial charge in [0.2, 0.25) is 5.91 Å². The maximum atomic E-state index is 12.5. The van der Waals surface area contributed by atoms with E-state index in [1.807, 2.05) is 30.1 Å². The van der Waals surface area contributed by atoms with Gasteiger partial charge in [0.25, 0.3) is 0 Å². The molecule has 116 valence electrons. The van der Waals surface area contributed by atoms with Crippen molar-refractivity contribution in [1.82, 2.24) is 9.80 Å². The minimum absolute atomic E-state index is 0.105. The molecular formula is C17H27N3O. The molecule has 2 atom stereocenters. The molecule has 1 aromatic rings. The number of benzene rings is 1. The maximum absolute atomic E-state index is 12.5. The average molecular weight is 289 g/mol. The molecule has 0 radical (unpaired) electrons. The molecule has 1 heterocycles. The van der Waals surface area contributed by atoms with E-state index in [4.69, 9.17) is 5.73 Å². The highest BCUT2D eigenvalue weighted by atomic mass is 16.2. The van der Waals surface area contributed by atoms with Crippen LogP contribution in [0.5, 0.6) is 0 Å². The van der Waals surface area contributed by atoms with Crippen LogP contribution in [0.3, 0.4) is 0 Å². The lowest BCUT2D eigenvalue weighted by molar-refractivity contribution is -0.133. The lowest BCUT2D eigenvalue weighted by Crippen LogP contribution is -2.44. The van der Waals surface area contributed by atoms with Gasteiger partial charge in [0.15, 0.2) is 0 Å². The van der Waals surface area contributed by atoms with E-state index in [2.05, 4.69) is 24.0 Å². The summed E-state index contributed by atoms with van der Waals surface area (Å²) in [7, 11) is 1.89. The zero-order valence-electron chi connectivity index (χ0n) is 13.2. The van der Waals surface area contributed by atoms with Crippen molar-refractivity contribution in [1.29, 1.82) is 0 Å². The summed E-state index contributed by atoms with van der Waals surface area (Å²) in [5, 5.41) is 0. The van der Waals surface area contributed by atoms with E-state index in [-0.39, 0.29) is 11.9 Å². The number of nitrogens with two attached hydrogens (primary N) is 1. The van der Waals surface area contributed by atoms with Crippen LogP contribution in [-0.2, 0) is 4.79 Å². The number of hydrogen-bond donors (Lipinski definition) is 1. The molecule has 1 aliphatic heterocycles. The van der Waals surface area contributed by atoms with Gasteiger partial charge in [0.1, 0.15) is 0 Å². The third kappa shape index (κ3) is 4.29. The molecule has 1 fully saturated rings. The fraction of sp³-hybridized carbons (Fsp3) is 0.588. The number of hydrogen-bond acceptors (Lipinski definition) is 3. The molecule has 0 aliphatic carbocycles. The average Bonchev–Trinajstić information content (AvgIpc) is 2.54. The van der Waals surface area contributed by atoms with Gasteiger partial charge in [-0.3, -0.25) is 9.69 Å². The summed E-state index contributed by atoms with van der Waals surface area (Å²) >= 11 is 0. The van der Waals surface area contributed by atoms with E-state index >= 15 is 0 Å². The molecule has 1 aromatic carbocycles. The first-order valence-electron chi connectivity index (χ1n) is 7.85. The van der Waals surface area contributed by atoms with Crippen molar-refractivity contribution in [3.63, 3.8) is 0 Å². The highest BCUT2D eigenvalue weighted by molar-refractivity contribution is 5.78. The molecule has 1 aliphatic rings. The Morgan fingerprint density at radius 2 is 2.14 bits per heavy atom. The molecule has 2 unspecified atom stereocenters. The lowest BCUT2D eigenvalue weighted by Gasteiger charge is -2.34. The van der Waals surface area contributed by atoms with Crippen LogP contribution in [0.4, 0.5) is 0 Å². The van der Waals surface area contributed by atoms with E-state index in [0.717, 1.165) is 26.1 Å². The molecule has 4 heteroatoms. The Bertz CT molecular complexity index is 449. The summed E-state index contributed by atoms with van der Waals surface area (Å²) in [6.07, 6.45) is 2.34. The molecule has 21 heavy (non-hydrogen) atoms. The van der Waals surface area contributed by atoms with Gasteiger partial charge in [0, 0.05) is 13.6 Å². The predicted molar refractivity (Wildman–Crippen MR) is 85.8 cm³/mol. The number of amides is 1. The molecule has 1 amide bonds. The van der Waals surface area contributed by atoms with Gasteiger partial charge in [-0.25, -0.2) is 0 Å². The summed E-state index contributed by atoms with van der Waals surface area (Å²) in [4.78, 5) is 16.6. The van der Waals surface area contributed by atoms with Crippen LogP contribution in [0.1, 0.15) is 31.4 Å². The fourth-order valence-corrected chi connectivity index (χ4v) is 2.96. The van der Waals surface area contributed by atoms with Crippen molar-refractivity contribution < 1.29 is 4.79 Å². The summed E-state index contributed by atoms with van der Waals surface area (Å²) in [5.41, 5.74) is 6.93. The van der Waals surface area contributed by atoms with Crippen LogP contribution in [0.2, 0.25) is 0 Å². The Morgan fingerprint density at radius 3 is 2.81 bits per heavy atom. The second-order valence-corrected chi connectivity index (χ2v) is 6.07. The third-order valence-corrected chi connectivity index (χ3v) is 4.55. The second kappa shape index (κ2) is 7.57. The zero-order valence-corrected chi connectivity index (χ0v) is 13.2. The first-order valence-corrected chi connectivity index (χ1v) is 7.85. The van der Waals surface area contributed by atoms with Crippen molar-refractivity contribution in [2.75, 3.05) is 33.2 Å². The van der Waals surface area contributed by atoms with Crippen LogP contribution in [0, 0.1) is 5.92 Å².